The van der Waals surface area contributed by atoms with E-state index in [1.807, 2.05) is 6.92 Å². The minimum Gasteiger partial charge on any atom is -0.468 e. The molecule has 2 atom stereocenters. The largest absolute Gasteiger partial charge is 0.468 e. The summed E-state index contributed by atoms with van der Waals surface area (Å²) in [6.45, 7) is 2.52. The first-order valence-corrected chi connectivity index (χ1v) is 5.80. The Morgan fingerprint density at radius 2 is 1.78 bits per heavy atom. The van der Waals surface area contributed by atoms with Crippen molar-refractivity contribution < 1.29 is 28.5 Å². The van der Waals surface area contributed by atoms with Crippen LogP contribution >= 0.6 is 0 Å². The van der Waals surface area contributed by atoms with Crippen molar-refractivity contribution in [2.45, 2.75) is 19.4 Å². The van der Waals surface area contributed by atoms with Gasteiger partial charge in [-0.2, -0.15) is 0 Å². The lowest BCUT2D eigenvalue weighted by molar-refractivity contribution is -0.198. The summed E-state index contributed by atoms with van der Waals surface area (Å²) >= 11 is 0. The predicted molar refractivity (Wildman–Crippen MR) is 61.9 cm³/mol. The molecule has 1 saturated heterocycles. The van der Waals surface area contributed by atoms with Crippen molar-refractivity contribution in [3.8, 4) is 0 Å². The molecule has 0 aromatic heterocycles. The molecular formula is C12H20O6. The topological polar surface area (TPSA) is 71.1 Å². The van der Waals surface area contributed by atoms with Crippen LogP contribution in [0, 0.1) is 11.3 Å². The lowest BCUT2D eigenvalue weighted by atomic mass is 9.73. The van der Waals surface area contributed by atoms with E-state index >= 15 is 0 Å². The zero-order valence-electron chi connectivity index (χ0n) is 11.2. The summed E-state index contributed by atoms with van der Waals surface area (Å²) in [5, 5.41) is 0. The highest BCUT2D eigenvalue weighted by Gasteiger charge is 2.58. The number of hydrogen-bond acceptors (Lipinski definition) is 6. The van der Waals surface area contributed by atoms with Gasteiger partial charge in [0.25, 0.3) is 0 Å². The van der Waals surface area contributed by atoms with E-state index in [2.05, 4.69) is 0 Å². The Morgan fingerprint density at radius 3 is 2.22 bits per heavy atom. The summed E-state index contributed by atoms with van der Waals surface area (Å²) in [5.41, 5.74) is -1.43. The van der Waals surface area contributed by atoms with Crippen molar-refractivity contribution in [3.63, 3.8) is 0 Å². The molecule has 0 amide bonds. The summed E-state index contributed by atoms with van der Waals surface area (Å²) in [4.78, 5) is 24.1. The number of esters is 2. The summed E-state index contributed by atoms with van der Waals surface area (Å²) in [7, 11) is 3.98. The summed E-state index contributed by atoms with van der Waals surface area (Å²) < 4.78 is 20.1. The third-order valence-corrected chi connectivity index (χ3v) is 3.22. The standard InChI is InChI=1S/C12H20O6/c1-8-5-12(10(13)16-3,11(14)17-4)9(7-15-2)18-6-8/h8-9H,5-7H2,1-4H3/t8-,9+/m1/s1. The second-order valence-electron chi connectivity index (χ2n) is 4.54. The number of methoxy groups -OCH3 is 3. The molecule has 0 unspecified atom stereocenters. The Morgan fingerprint density at radius 1 is 1.22 bits per heavy atom. The molecule has 0 saturated carbocycles. The first-order chi connectivity index (χ1) is 8.52. The Balaban J connectivity index is 3.14. The maximum absolute atomic E-state index is 12.1. The van der Waals surface area contributed by atoms with Gasteiger partial charge in [0, 0.05) is 13.7 Å². The molecule has 1 heterocycles. The molecule has 0 aromatic rings. The van der Waals surface area contributed by atoms with Gasteiger partial charge in [-0.3, -0.25) is 9.59 Å². The molecule has 0 bridgehead atoms. The molecule has 104 valence electrons. The van der Waals surface area contributed by atoms with Crippen LogP contribution in [0.5, 0.6) is 0 Å². The minimum absolute atomic E-state index is 0.0660. The van der Waals surface area contributed by atoms with Gasteiger partial charge in [-0.15, -0.1) is 0 Å². The first-order valence-electron chi connectivity index (χ1n) is 5.80. The molecule has 18 heavy (non-hydrogen) atoms. The van der Waals surface area contributed by atoms with Crippen molar-refractivity contribution >= 4 is 11.9 Å². The quantitative estimate of drug-likeness (QED) is 0.538. The number of carbonyl (C=O) groups is 2. The fourth-order valence-electron chi connectivity index (χ4n) is 2.38. The van der Waals surface area contributed by atoms with Crippen molar-refractivity contribution in [1.82, 2.24) is 0 Å². The Labute approximate surface area is 107 Å². The van der Waals surface area contributed by atoms with Crippen molar-refractivity contribution in [3.05, 3.63) is 0 Å². The van der Waals surface area contributed by atoms with Gasteiger partial charge in [0.2, 0.25) is 0 Å². The number of rotatable bonds is 4. The molecule has 0 spiro atoms. The van der Waals surface area contributed by atoms with E-state index in [1.54, 1.807) is 0 Å². The lowest BCUT2D eigenvalue weighted by Gasteiger charge is -2.41. The third-order valence-electron chi connectivity index (χ3n) is 3.22. The average Bonchev–Trinajstić information content (AvgIpc) is 2.39. The number of ether oxygens (including phenoxy) is 4. The Kier molecular flexibility index (Phi) is 5.10. The van der Waals surface area contributed by atoms with E-state index in [-0.39, 0.29) is 12.5 Å². The fraction of sp³-hybridized carbons (Fsp3) is 0.833. The first kappa shape index (κ1) is 14.9. The third kappa shape index (κ3) is 2.49. The van der Waals surface area contributed by atoms with Crippen LogP contribution < -0.4 is 0 Å². The van der Waals surface area contributed by atoms with Gasteiger partial charge >= 0.3 is 11.9 Å². The molecule has 0 N–H and O–H groups in total. The normalized spacial score (nSPS) is 26.4. The van der Waals surface area contributed by atoms with Gasteiger partial charge in [-0.1, -0.05) is 6.92 Å². The van der Waals surface area contributed by atoms with Crippen LogP contribution in [0.3, 0.4) is 0 Å². The maximum Gasteiger partial charge on any atom is 0.326 e. The monoisotopic (exact) mass is 260 g/mol. The molecule has 1 aliphatic heterocycles. The second-order valence-corrected chi connectivity index (χ2v) is 4.54. The molecule has 1 fully saturated rings. The van der Waals surface area contributed by atoms with Crippen LogP contribution in [0.25, 0.3) is 0 Å². The molecule has 0 radical (unpaired) electrons. The fourth-order valence-corrected chi connectivity index (χ4v) is 2.38. The van der Waals surface area contributed by atoms with E-state index < -0.39 is 23.5 Å². The maximum atomic E-state index is 12.1. The van der Waals surface area contributed by atoms with Gasteiger partial charge in [0.05, 0.1) is 20.8 Å². The smallest absolute Gasteiger partial charge is 0.326 e. The van der Waals surface area contributed by atoms with E-state index in [1.165, 1.54) is 21.3 Å². The molecule has 1 aliphatic rings. The highest BCUT2D eigenvalue weighted by Crippen LogP contribution is 2.39. The van der Waals surface area contributed by atoms with Crippen LogP contribution in [-0.4, -0.2) is 52.6 Å². The van der Waals surface area contributed by atoms with Crippen LogP contribution in [0.15, 0.2) is 0 Å². The van der Waals surface area contributed by atoms with Crippen LogP contribution in [-0.2, 0) is 28.5 Å². The molecule has 0 aliphatic carbocycles. The summed E-state index contributed by atoms with van der Waals surface area (Å²) in [6.07, 6.45) is -0.348. The number of carbonyl (C=O) groups excluding carboxylic acids is 2. The Bertz CT molecular complexity index is 298. The zero-order chi connectivity index (χ0) is 13.8. The summed E-state index contributed by atoms with van der Waals surface area (Å²) in [6, 6.07) is 0. The van der Waals surface area contributed by atoms with Crippen LogP contribution in [0.1, 0.15) is 13.3 Å². The minimum atomic E-state index is -1.43. The lowest BCUT2D eigenvalue weighted by Crippen LogP contribution is -2.57. The number of hydrogen-bond donors (Lipinski definition) is 0. The van der Waals surface area contributed by atoms with Crippen molar-refractivity contribution in [2.75, 3.05) is 34.5 Å². The van der Waals surface area contributed by atoms with Gasteiger partial charge < -0.3 is 18.9 Å². The van der Waals surface area contributed by atoms with Crippen LogP contribution in [0.4, 0.5) is 0 Å². The molecule has 6 heteroatoms. The summed E-state index contributed by atoms with van der Waals surface area (Å²) in [5.74, 6) is -1.21. The highest BCUT2D eigenvalue weighted by atomic mass is 16.6. The molecule has 6 nitrogen and oxygen atoms in total. The van der Waals surface area contributed by atoms with E-state index in [0.717, 1.165) is 0 Å². The second kappa shape index (κ2) is 6.15. The highest BCUT2D eigenvalue weighted by molar-refractivity contribution is 6.01. The SMILES string of the molecule is COC[C@@H]1OC[C@H](C)CC1(C(=O)OC)C(=O)OC. The van der Waals surface area contributed by atoms with Crippen molar-refractivity contribution in [1.29, 1.82) is 0 Å². The van der Waals surface area contributed by atoms with Crippen molar-refractivity contribution in [2.24, 2.45) is 11.3 Å². The van der Waals surface area contributed by atoms with Gasteiger partial charge in [-0.05, 0) is 12.3 Å². The van der Waals surface area contributed by atoms with E-state index in [9.17, 15) is 9.59 Å². The Hall–Kier alpha value is -1.14. The average molecular weight is 260 g/mol. The van der Waals surface area contributed by atoms with E-state index in [0.29, 0.717) is 13.0 Å². The van der Waals surface area contributed by atoms with E-state index in [4.69, 9.17) is 18.9 Å². The molecule has 1 rings (SSSR count). The van der Waals surface area contributed by atoms with Crippen LogP contribution in [0.2, 0.25) is 0 Å². The van der Waals surface area contributed by atoms with Gasteiger partial charge in [0.1, 0.15) is 6.10 Å². The zero-order valence-corrected chi connectivity index (χ0v) is 11.2. The van der Waals surface area contributed by atoms with Gasteiger partial charge in [-0.25, -0.2) is 0 Å². The predicted octanol–water partition coefficient (Wildman–Crippen LogP) is 0.390. The molecule has 0 aromatic carbocycles. The molecular weight excluding hydrogens is 240 g/mol. The van der Waals surface area contributed by atoms with Gasteiger partial charge in [0.15, 0.2) is 5.41 Å².